The normalized spacial score (nSPS) is 10.2. The van der Waals surface area contributed by atoms with Crippen LogP contribution in [0.1, 0.15) is 11.3 Å². The second-order valence-electron chi connectivity index (χ2n) is 2.06. The first kappa shape index (κ1) is 8.24. The van der Waals surface area contributed by atoms with Crippen molar-refractivity contribution in [3.63, 3.8) is 0 Å². The van der Waals surface area contributed by atoms with Gasteiger partial charge in [-0.2, -0.15) is 0 Å². The van der Waals surface area contributed by atoms with Crippen molar-refractivity contribution in [1.29, 1.82) is 0 Å². The SMILES string of the molecule is OCCCc1cc(Br)cs1. The van der Waals surface area contributed by atoms with Crippen LogP contribution in [0.5, 0.6) is 0 Å². The summed E-state index contributed by atoms with van der Waals surface area (Å²) in [7, 11) is 0. The average molecular weight is 221 g/mol. The third-order valence-electron chi connectivity index (χ3n) is 1.20. The molecule has 0 saturated carbocycles. The summed E-state index contributed by atoms with van der Waals surface area (Å²) < 4.78 is 1.14. The Morgan fingerprint density at radius 1 is 1.60 bits per heavy atom. The zero-order valence-corrected chi connectivity index (χ0v) is 7.91. The Labute approximate surface area is 72.8 Å². The quantitative estimate of drug-likeness (QED) is 0.831. The van der Waals surface area contributed by atoms with Crippen LogP contribution in [0.4, 0.5) is 0 Å². The Bertz CT molecular complexity index is 197. The summed E-state index contributed by atoms with van der Waals surface area (Å²) >= 11 is 5.10. The van der Waals surface area contributed by atoms with Gasteiger partial charge in [0, 0.05) is 21.3 Å². The molecule has 1 rings (SSSR count). The van der Waals surface area contributed by atoms with Crippen molar-refractivity contribution < 1.29 is 5.11 Å². The summed E-state index contributed by atoms with van der Waals surface area (Å²) in [5, 5.41) is 10.6. The van der Waals surface area contributed by atoms with E-state index in [2.05, 4.69) is 27.4 Å². The second kappa shape index (κ2) is 4.11. The van der Waals surface area contributed by atoms with Gasteiger partial charge in [-0.15, -0.1) is 11.3 Å². The Kier molecular flexibility index (Phi) is 3.39. The molecular weight excluding hydrogens is 212 g/mol. The molecule has 1 nitrogen and oxygen atoms in total. The number of halogens is 1. The molecule has 0 aliphatic heterocycles. The average Bonchev–Trinajstić information content (AvgIpc) is 2.31. The van der Waals surface area contributed by atoms with E-state index in [1.54, 1.807) is 11.3 Å². The predicted octanol–water partition coefficient (Wildman–Crippen LogP) is 2.44. The van der Waals surface area contributed by atoms with Crippen molar-refractivity contribution in [2.24, 2.45) is 0 Å². The number of rotatable bonds is 3. The third-order valence-corrected chi connectivity index (χ3v) is 2.96. The number of aliphatic hydroxyl groups excluding tert-OH is 1. The van der Waals surface area contributed by atoms with Crippen LogP contribution in [0.15, 0.2) is 15.9 Å². The number of hydrogen-bond acceptors (Lipinski definition) is 2. The lowest BCUT2D eigenvalue weighted by Crippen LogP contribution is -1.84. The maximum absolute atomic E-state index is 8.53. The molecule has 0 amide bonds. The van der Waals surface area contributed by atoms with Crippen molar-refractivity contribution in [2.45, 2.75) is 12.8 Å². The molecule has 0 fully saturated rings. The molecule has 56 valence electrons. The van der Waals surface area contributed by atoms with Crippen LogP contribution >= 0.6 is 27.3 Å². The highest BCUT2D eigenvalue weighted by molar-refractivity contribution is 9.10. The predicted molar refractivity (Wildman–Crippen MR) is 47.4 cm³/mol. The maximum Gasteiger partial charge on any atom is 0.0434 e. The summed E-state index contributed by atoms with van der Waals surface area (Å²) in [5.74, 6) is 0. The summed E-state index contributed by atoms with van der Waals surface area (Å²) in [5.41, 5.74) is 0. The van der Waals surface area contributed by atoms with Gasteiger partial charge in [0.05, 0.1) is 0 Å². The summed E-state index contributed by atoms with van der Waals surface area (Å²) in [6.07, 6.45) is 1.86. The van der Waals surface area contributed by atoms with Crippen molar-refractivity contribution >= 4 is 27.3 Å². The van der Waals surface area contributed by atoms with Crippen molar-refractivity contribution in [3.05, 3.63) is 20.8 Å². The van der Waals surface area contributed by atoms with Crippen LogP contribution in [-0.4, -0.2) is 11.7 Å². The second-order valence-corrected chi connectivity index (χ2v) is 3.97. The van der Waals surface area contributed by atoms with Gasteiger partial charge in [-0.1, -0.05) is 0 Å². The van der Waals surface area contributed by atoms with Gasteiger partial charge in [-0.25, -0.2) is 0 Å². The molecular formula is C7H9BrOS. The largest absolute Gasteiger partial charge is 0.396 e. The number of thiophene rings is 1. The van der Waals surface area contributed by atoms with E-state index < -0.39 is 0 Å². The Hall–Kier alpha value is 0.140. The Morgan fingerprint density at radius 3 is 2.90 bits per heavy atom. The van der Waals surface area contributed by atoms with Crippen LogP contribution in [-0.2, 0) is 6.42 Å². The van der Waals surface area contributed by atoms with Crippen molar-refractivity contribution in [3.8, 4) is 0 Å². The highest BCUT2D eigenvalue weighted by atomic mass is 79.9. The van der Waals surface area contributed by atoms with Gasteiger partial charge in [0.25, 0.3) is 0 Å². The van der Waals surface area contributed by atoms with Crippen molar-refractivity contribution in [2.75, 3.05) is 6.61 Å². The number of aryl methyl sites for hydroxylation is 1. The molecule has 0 radical (unpaired) electrons. The molecule has 0 aliphatic rings. The van der Waals surface area contributed by atoms with Gasteiger partial charge in [0.2, 0.25) is 0 Å². The van der Waals surface area contributed by atoms with E-state index >= 15 is 0 Å². The number of hydrogen-bond donors (Lipinski definition) is 1. The minimum atomic E-state index is 0.287. The van der Waals surface area contributed by atoms with E-state index in [4.69, 9.17) is 5.11 Å². The fourth-order valence-electron chi connectivity index (χ4n) is 0.738. The highest BCUT2D eigenvalue weighted by Gasteiger charge is 1.95. The van der Waals surface area contributed by atoms with Gasteiger partial charge >= 0.3 is 0 Å². The molecule has 3 heteroatoms. The van der Waals surface area contributed by atoms with Crippen LogP contribution in [0.3, 0.4) is 0 Å². The summed E-state index contributed by atoms with van der Waals surface area (Å²) in [6, 6.07) is 2.10. The Balaban J connectivity index is 2.42. The van der Waals surface area contributed by atoms with Gasteiger partial charge in [0.15, 0.2) is 0 Å². The molecule has 1 N–H and O–H groups in total. The van der Waals surface area contributed by atoms with Crippen LogP contribution in [0, 0.1) is 0 Å². The first-order valence-corrected chi connectivity index (χ1v) is 4.84. The molecule has 0 spiro atoms. The molecule has 1 aromatic heterocycles. The van der Waals surface area contributed by atoms with Gasteiger partial charge in [-0.3, -0.25) is 0 Å². The molecule has 0 unspecified atom stereocenters. The van der Waals surface area contributed by atoms with Gasteiger partial charge in [0.1, 0.15) is 0 Å². The lowest BCUT2D eigenvalue weighted by Gasteiger charge is -1.90. The Morgan fingerprint density at radius 2 is 2.40 bits per heavy atom. The van der Waals surface area contributed by atoms with Gasteiger partial charge in [-0.05, 0) is 34.8 Å². The van der Waals surface area contributed by atoms with E-state index in [1.807, 2.05) is 0 Å². The van der Waals surface area contributed by atoms with E-state index in [0.717, 1.165) is 17.3 Å². The topological polar surface area (TPSA) is 20.2 Å². The molecule has 0 saturated heterocycles. The third kappa shape index (κ3) is 2.40. The first-order chi connectivity index (χ1) is 4.83. The standard InChI is InChI=1S/C7H9BrOS/c8-6-4-7(10-5-6)2-1-3-9/h4-5,9H,1-3H2. The first-order valence-electron chi connectivity index (χ1n) is 3.16. The van der Waals surface area contributed by atoms with Crippen LogP contribution in [0.2, 0.25) is 0 Å². The van der Waals surface area contributed by atoms with Crippen LogP contribution in [0.25, 0.3) is 0 Å². The van der Waals surface area contributed by atoms with E-state index in [1.165, 1.54) is 4.88 Å². The van der Waals surface area contributed by atoms with Crippen LogP contribution < -0.4 is 0 Å². The minimum Gasteiger partial charge on any atom is -0.396 e. The number of aliphatic hydroxyl groups is 1. The molecule has 1 heterocycles. The zero-order chi connectivity index (χ0) is 7.40. The summed E-state index contributed by atoms with van der Waals surface area (Å²) in [4.78, 5) is 1.33. The monoisotopic (exact) mass is 220 g/mol. The lowest BCUT2D eigenvalue weighted by molar-refractivity contribution is 0.289. The molecule has 0 bridgehead atoms. The highest BCUT2D eigenvalue weighted by Crippen LogP contribution is 2.20. The smallest absolute Gasteiger partial charge is 0.0434 e. The molecule has 0 aromatic carbocycles. The molecule has 0 aliphatic carbocycles. The molecule has 0 atom stereocenters. The fraction of sp³-hybridized carbons (Fsp3) is 0.429. The lowest BCUT2D eigenvalue weighted by atomic mass is 10.3. The summed E-state index contributed by atoms with van der Waals surface area (Å²) in [6.45, 7) is 0.287. The molecule has 1 aromatic rings. The van der Waals surface area contributed by atoms with Gasteiger partial charge < -0.3 is 5.11 Å². The zero-order valence-electron chi connectivity index (χ0n) is 5.51. The van der Waals surface area contributed by atoms with E-state index in [-0.39, 0.29) is 6.61 Å². The fourth-order valence-corrected chi connectivity index (χ4v) is 2.24. The van der Waals surface area contributed by atoms with E-state index in [9.17, 15) is 0 Å². The minimum absolute atomic E-state index is 0.287. The van der Waals surface area contributed by atoms with E-state index in [0.29, 0.717) is 0 Å². The molecule has 10 heavy (non-hydrogen) atoms. The van der Waals surface area contributed by atoms with Crippen molar-refractivity contribution in [1.82, 2.24) is 0 Å². The maximum atomic E-state index is 8.53.